The van der Waals surface area contributed by atoms with Crippen molar-refractivity contribution in [3.63, 3.8) is 0 Å². The third-order valence-electron chi connectivity index (χ3n) is 3.22. The Balaban J connectivity index is 4.15. The van der Waals surface area contributed by atoms with Gasteiger partial charge in [-0.3, -0.25) is 0 Å². The van der Waals surface area contributed by atoms with Crippen LogP contribution >= 0.6 is 0 Å². The summed E-state index contributed by atoms with van der Waals surface area (Å²) in [4.78, 5) is 1.65. The second-order valence-electron chi connectivity index (χ2n) is 4.47. The molecule has 0 aliphatic heterocycles. The minimum atomic E-state index is -4.10. The molecule has 0 heterocycles. The van der Waals surface area contributed by atoms with E-state index < -0.39 is 12.6 Å². The highest BCUT2D eigenvalue weighted by Gasteiger charge is 2.30. The number of alkyl halides is 3. The van der Waals surface area contributed by atoms with Crippen molar-refractivity contribution in [1.82, 2.24) is 4.90 Å². The van der Waals surface area contributed by atoms with Crippen LogP contribution in [-0.4, -0.2) is 42.9 Å². The summed E-state index contributed by atoms with van der Waals surface area (Å²) in [5.41, 5.74) is -0.264. The number of aliphatic hydroxyl groups excluding tert-OH is 1. The van der Waals surface area contributed by atoms with Gasteiger partial charge in [-0.1, -0.05) is 13.8 Å². The van der Waals surface area contributed by atoms with Crippen LogP contribution in [0.5, 0.6) is 0 Å². The van der Waals surface area contributed by atoms with E-state index in [0.717, 1.165) is 12.8 Å². The SMILES string of the molecule is CCC(CC)(CO)CN(C)CCC(F)(F)F. The summed E-state index contributed by atoms with van der Waals surface area (Å²) in [6.07, 6.45) is -3.35. The van der Waals surface area contributed by atoms with Crippen LogP contribution < -0.4 is 0 Å². The topological polar surface area (TPSA) is 23.5 Å². The first kappa shape index (κ1) is 15.7. The van der Waals surface area contributed by atoms with E-state index in [1.807, 2.05) is 13.8 Å². The zero-order valence-electron chi connectivity index (χ0n) is 10.3. The summed E-state index contributed by atoms with van der Waals surface area (Å²) >= 11 is 0. The van der Waals surface area contributed by atoms with Crippen molar-refractivity contribution >= 4 is 0 Å². The van der Waals surface area contributed by atoms with Gasteiger partial charge in [-0.05, 0) is 19.9 Å². The molecule has 0 radical (unpaired) electrons. The Morgan fingerprint density at radius 2 is 1.62 bits per heavy atom. The normalized spacial score (nSPS) is 13.5. The average Bonchev–Trinajstić information content (AvgIpc) is 2.22. The fourth-order valence-electron chi connectivity index (χ4n) is 1.72. The predicted molar refractivity (Wildman–Crippen MR) is 58.3 cm³/mol. The highest BCUT2D eigenvalue weighted by Crippen LogP contribution is 2.27. The van der Waals surface area contributed by atoms with Crippen LogP contribution in [0.4, 0.5) is 13.2 Å². The van der Waals surface area contributed by atoms with Gasteiger partial charge in [0.05, 0.1) is 6.42 Å². The van der Waals surface area contributed by atoms with E-state index in [0.29, 0.717) is 6.54 Å². The molecule has 0 saturated heterocycles. The number of hydrogen-bond donors (Lipinski definition) is 1. The molecule has 1 N–H and O–H groups in total. The van der Waals surface area contributed by atoms with Crippen LogP contribution in [0.25, 0.3) is 0 Å². The van der Waals surface area contributed by atoms with Crippen molar-refractivity contribution in [2.45, 2.75) is 39.3 Å². The van der Waals surface area contributed by atoms with Crippen molar-refractivity contribution in [2.75, 3.05) is 26.7 Å². The van der Waals surface area contributed by atoms with Crippen LogP contribution in [0.1, 0.15) is 33.1 Å². The molecule has 0 aliphatic carbocycles. The van der Waals surface area contributed by atoms with Gasteiger partial charge in [0.1, 0.15) is 0 Å². The predicted octanol–water partition coefficient (Wildman–Crippen LogP) is 2.67. The van der Waals surface area contributed by atoms with E-state index >= 15 is 0 Å². The van der Waals surface area contributed by atoms with E-state index in [-0.39, 0.29) is 18.6 Å². The maximum absolute atomic E-state index is 12.0. The van der Waals surface area contributed by atoms with E-state index in [2.05, 4.69) is 0 Å². The summed E-state index contributed by atoms with van der Waals surface area (Å²) in [5.74, 6) is 0. The van der Waals surface area contributed by atoms with Crippen molar-refractivity contribution in [2.24, 2.45) is 5.41 Å². The fourth-order valence-corrected chi connectivity index (χ4v) is 1.72. The monoisotopic (exact) mass is 241 g/mol. The molecule has 0 fully saturated rings. The zero-order valence-corrected chi connectivity index (χ0v) is 10.3. The van der Waals surface area contributed by atoms with Gasteiger partial charge in [-0.15, -0.1) is 0 Å². The van der Waals surface area contributed by atoms with E-state index in [4.69, 9.17) is 0 Å². The lowest BCUT2D eigenvalue weighted by Gasteiger charge is -2.34. The first-order valence-corrected chi connectivity index (χ1v) is 5.64. The first-order chi connectivity index (χ1) is 7.28. The fraction of sp³-hybridized carbons (Fsp3) is 1.00. The minimum Gasteiger partial charge on any atom is -0.396 e. The molecular weight excluding hydrogens is 219 g/mol. The van der Waals surface area contributed by atoms with Crippen LogP contribution in [0.3, 0.4) is 0 Å². The zero-order chi connectivity index (χ0) is 12.8. The molecule has 0 rings (SSSR count). The lowest BCUT2D eigenvalue weighted by atomic mass is 9.83. The molecule has 0 atom stereocenters. The number of halogens is 3. The van der Waals surface area contributed by atoms with Gasteiger partial charge in [-0.25, -0.2) is 0 Å². The third-order valence-corrected chi connectivity index (χ3v) is 3.22. The second-order valence-corrected chi connectivity index (χ2v) is 4.47. The molecule has 0 aromatic rings. The Morgan fingerprint density at radius 1 is 1.12 bits per heavy atom. The maximum Gasteiger partial charge on any atom is 0.390 e. The Bertz CT molecular complexity index is 182. The van der Waals surface area contributed by atoms with Crippen molar-refractivity contribution < 1.29 is 18.3 Å². The number of aliphatic hydroxyl groups is 1. The number of hydrogen-bond acceptors (Lipinski definition) is 2. The first-order valence-electron chi connectivity index (χ1n) is 5.64. The summed E-state index contributed by atoms with van der Waals surface area (Å²) in [5, 5.41) is 9.30. The van der Waals surface area contributed by atoms with Gasteiger partial charge in [0.25, 0.3) is 0 Å². The van der Waals surface area contributed by atoms with Crippen LogP contribution in [0.15, 0.2) is 0 Å². The molecule has 98 valence electrons. The molecule has 0 saturated carbocycles. The molecule has 5 heteroatoms. The highest BCUT2D eigenvalue weighted by atomic mass is 19.4. The molecule has 16 heavy (non-hydrogen) atoms. The molecule has 0 amide bonds. The van der Waals surface area contributed by atoms with Gasteiger partial charge >= 0.3 is 6.18 Å². The summed E-state index contributed by atoms with van der Waals surface area (Å²) in [7, 11) is 1.67. The lowest BCUT2D eigenvalue weighted by Crippen LogP contribution is -2.39. The second kappa shape index (κ2) is 6.45. The van der Waals surface area contributed by atoms with Crippen molar-refractivity contribution in [1.29, 1.82) is 0 Å². The average molecular weight is 241 g/mol. The smallest absolute Gasteiger partial charge is 0.390 e. The van der Waals surface area contributed by atoms with E-state index in [1.165, 1.54) is 0 Å². The maximum atomic E-state index is 12.0. The van der Waals surface area contributed by atoms with Gasteiger partial charge in [-0.2, -0.15) is 13.2 Å². The minimum absolute atomic E-state index is 0.00868. The van der Waals surface area contributed by atoms with Crippen LogP contribution in [-0.2, 0) is 0 Å². The van der Waals surface area contributed by atoms with Crippen LogP contribution in [0, 0.1) is 5.41 Å². The summed E-state index contributed by atoms with van der Waals surface area (Å²) in [6, 6.07) is 0. The van der Waals surface area contributed by atoms with Crippen LogP contribution in [0.2, 0.25) is 0 Å². The molecule has 0 aliphatic rings. The standard InChI is InChI=1S/C11H22F3NO/c1-4-10(5-2,9-16)8-15(3)7-6-11(12,13)14/h16H,4-9H2,1-3H3. The highest BCUT2D eigenvalue weighted by molar-refractivity contribution is 4.79. The number of nitrogens with zero attached hydrogens (tertiary/aromatic N) is 1. The Labute approximate surface area is 95.4 Å². The Hall–Kier alpha value is -0.290. The summed E-state index contributed by atoms with van der Waals surface area (Å²) < 4.78 is 36.1. The van der Waals surface area contributed by atoms with E-state index in [9.17, 15) is 18.3 Å². The van der Waals surface area contributed by atoms with Gasteiger partial charge in [0.2, 0.25) is 0 Å². The van der Waals surface area contributed by atoms with Gasteiger partial charge in [0, 0.05) is 25.1 Å². The molecular formula is C11H22F3NO. The molecule has 0 bridgehead atoms. The molecule has 0 aromatic heterocycles. The lowest BCUT2D eigenvalue weighted by molar-refractivity contribution is -0.138. The number of rotatable bonds is 7. The largest absolute Gasteiger partial charge is 0.396 e. The summed E-state index contributed by atoms with van der Waals surface area (Å²) in [6.45, 7) is 4.43. The molecule has 0 spiro atoms. The Kier molecular flexibility index (Phi) is 6.33. The molecule has 0 aromatic carbocycles. The third kappa shape index (κ3) is 5.70. The van der Waals surface area contributed by atoms with Crippen molar-refractivity contribution in [3.05, 3.63) is 0 Å². The van der Waals surface area contributed by atoms with E-state index in [1.54, 1.807) is 11.9 Å². The van der Waals surface area contributed by atoms with Gasteiger partial charge in [0.15, 0.2) is 0 Å². The Morgan fingerprint density at radius 3 is 1.94 bits per heavy atom. The molecule has 2 nitrogen and oxygen atoms in total. The quantitative estimate of drug-likeness (QED) is 0.740. The van der Waals surface area contributed by atoms with Gasteiger partial charge < -0.3 is 10.0 Å². The molecule has 0 unspecified atom stereocenters. The van der Waals surface area contributed by atoms with Crippen molar-refractivity contribution in [3.8, 4) is 0 Å².